The van der Waals surface area contributed by atoms with Crippen LogP contribution < -0.4 is 16.4 Å². The van der Waals surface area contributed by atoms with Gasteiger partial charge in [-0.3, -0.25) is 10.6 Å². The molecule has 1 aromatic rings. The van der Waals surface area contributed by atoms with Crippen LogP contribution in [0.25, 0.3) is 0 Å². The highest BCUT2D eigenvalue weighted by Crippen LogP contribution is 2.36. The molecule has 1 saturated carbocycles. The van der Waals surface area contributed by atoms with Crippen LogP contribution in [-0.4, -0.2) is 47.6 Å². The van der Waals surface area contributed by atoms with Gasteiger partial charge in [-0.2, -0.15) is 0 Å². The van der Waals surface area contributed by atoms with E-state index < -0.39 is 0 Å². The van der Waals surface area contributed by atoms with E-state index in [2.05, 4.69) is 34.9 Å². The number of fused-ring (bicyclic) bond motifs is 1. The van der Waals surface area contributed by atoms with E-state index >= 15 is 0 Å². The normalized spacial score (nSPS) is 39.8. The Labute approximate surface area is 143 Å². The van der Waals surface area contributed by atoms with Gasteiger partial charge in [0.15, 0.2) is 0 Å². The van der Waals surface area contributed by atoms with Gasteiger partial charge in [-0.15, -0.1) is 5.01 Å². The van der Waals surface area contributed by atoms with E-state index in [-0.39, 0.29) is 24.3 Å². The predicted molar refractivity (Wildman–Crippen MR) is 93.0 cm³/mol. The summed E-state index contributed by atoms with van der Waals surface area (Å²) >= 11 is 0. The molecule has 130 valence electrons. The first-order chi connectivity index (χ1) is 11.6. The molecule has 4 N–H and O–H groups in total. The lowest BCUT2D eigenvalue weighted by Gasteiger charge is -2.47. The summed E-state index contributed by atoms with van der Waals surface area (Å²) in [6.45, 7) is 0.840. The largest absolute Gasteiger partial charge is 0.328 e. The van der Waals surface area contributed by atoms with E-state index in [1.165, 1.54) is 10.4 Å². The monoisotopic (exact) mass is 330 g/mol. The molecule has 0 radical (unpaired) electrons. The van der Waals surface area contributed by atoms with Crippen LogP contribution >= 0.6 is 0 Å². The average molecular weight is 330 g/mol. The molecule has 2 saturated heterocycles. The molecule has 1 aliphatic carbocycles. The molecule has 0 aromatic heterocycles. The number of hydrazine groups is 1. The second kappa shape index (κ2) is 6.43. The zero-order valence-corrected chi connectivity index (χ0v) is 14.3. The second-order valence-corrected chi connectivity index (χ2v) is 7.59. The summed E-state index contributed by atoms with van der Waals surface area (Å²) in [5.41, 5.74) is 7.46. The van der Waals surface area contributed by atoms with Gasteiger partial charge >= 0.3 is 0 Å². The third-order valence-electron chi connectivity index (χ3n) is 6.06. The Balaban J connectivity index is 1.61. The van der Waals surface area contributed by atoms with Gasteiger partial charge < -0.3 is 5.73 Å². The molecule has 1 aromatic carbocycles. The fourth-order valence-corrected chi connectivity index (χ4v) is 4.76. The number of hydrogen-bond acceptors (Lipinski definition) is 4. The smallest absolute Gasteiger partial charge is 0.251 e. The molecule has 0 amide bonds. The Hall–Kier alpha value is -1.50. The zero-order chi connectivity index (χ0) is 16.7. The van der Waals surface area contributed by atoms with Crippen molar-refractivity contribution in [1.29, 1.82) is 0 Å². The van der Waals surface area contributed by atoms with E-state index in [0.29, 0.717) is 12.0 Å². The highest BCUT2D eigenvalue weighted by Gasteiger charge is 2.52. The molecule has 6 heteroatoms. The van der Waals surface area contributed by atoms with Gasteiger partial charge in [0.2, 0.25) is 0 Å². The fourth-order valence-electron chi connectivity index (χ4n) is 4.76. The lowest BCUT2D eigenvalue weighted by atomic mass is 9.73. The SMILES string of the molecule is CN1CCC(C2NC(c3ccccc3)NC3CC(N)CCC32)[N+]1=O. The van der Waals surface area contributed by atoms with Crippen LogP contribution in [0.4, 0.5) is 0 Å². The lowest BCUT2D eigenvalue weighted by Crippen LogP contribution is -2.65. The van der Waals surface area contributed by atoms with Crippen molar-refractivity contribution in [3.05, 3.63) is 40.8 Å². The summed E-state index contributed by atoms with van der Waals surface area (Å²) < 4.78 is 0. The Morgan fingerprint density at radius 1 is 1.17 bits per heavy atom. The van der Waals surface area contributed by atoms with Crippen LogP contribution in [0.3, 0.4) is 0 Å². The number of nitrogens with one attached hydrogen (secondary N) is 2. The maximum Gasteiger partial charge on any atom is 0.251 e. The van der Waals surface area contributed by atoms with Gasteiger partial charge in [0.1, 0.15) is 4.87 Å². The average Bonchev–Trinajstić information content (AvgIpc) is 2.93. The van der Waals surface area contributed by atoms with Crippen molar-refractivity contribution in [3.8, 4) is 0 Å². The number of nitroso groups, excluding NO2 is 1. The second-order valence-electron chi connectivity index (χ2n) is 7.59. The van der Waals surface area contributed by atoms with E-state index in [9.17, 15) is 4.91 Å². The summed E-state index contributed by atoms with van der Waals surface area (Å²) in [7, 11) is 1.89. The van der Waals surface area contributed by atoms with E-state index in [4.69, 9.17) is 5.73 Å². The summed E-state index contributed by atoms with van der Waals surface area (Å²) in [6, 6.07) is 11.3. The highest BCUT2D eigenvalue weighted by atomic mass is 16.3. The molecule has 0 bridgehead atoms. The molecule has 24 heavy (non-hydrogen) atoms. The standard InChI is InChI=1S/C18H28N5O/c1-22-10-9-16(23(22)24)17-14-8-7-13(19)11-15(14)20-18(21-17)12-5-3-2-4-6-12/h2-6,13-18,20-21H,7-11,19H2,1H3/q+1. The van der Waals surface area contributed by atoms with E-state index in [1.54, 1.807) is 5.01 Å². The molecule has 0 spiro atoms. The van der Waals surface area contributed by atoms with Crippen molar-refractivity contribution in [3.63, 3.8) is 0 Å². The van der Waals surface area contributed by atoms with Gasteiger partial charge in [0, 0.05) is 18.5 Å². The molecular weight excluding hydrogens is 302 g/mol. The van der Waals surface area contributed by atoms with Crippen molar-refractivity contribution < 1.29 is 4.87 Å². The number of rotatable bonds is 2. The number of nitrogens with zero attached hydrogens (tertiary/aromatic N) is 2. The van der Waals surface area contributed by atoms with Crippen molar-refractivity contribution >= 4 is 0 Å². The van der Waals surface area contributed by atoms with Crippen LogP contribution in [0, 0.1) is 10.8 Å². The van der Waals surface area contributed by atoms with Crippen LogP contribution in [0.1, 0.15) is 37.4 Å². The van der Waals surface area contributed by atoms with Crippen molar-refractivity contribution in [2.45, 2.75) is 56.0 Å². The van der Waals surface area contributed by atoms with Gasteiger partial charge in [-0.05, 0) is 30.7 Å². The van der Waals surface area contributed by atoms with E-state index in [1.807, 2.05) is 13.1 Å². The van der Waals surface area contributed by atoms with Crippen LogP contribution in [0.15, 0.2) is 30.3 Å². The third-order valence-corrected chi connectivity index (χ3v) is 6.06. The topological polar surface area (TPSA) is 73.4 Å². The van der Waals surface area contributed by atoms with Gasteiger partial charge in [0.05, 0.1) is 30.7 Å². The van der Waals surface area contributed by atoms with Gasteiger partial charge in [-0.1, -0.05) is 30.3 Å². The first kappa shape index (κ1) is 16.0. The molecular formula is C18H28N5O+. The van der Waals surface area contributed by atoms with Gasteiger partial charge in [-0.25, -0.2) is 0 Å². The summed E-state index contributed by atoms with van der Waals surface area (Å²) in [4.78, 5) is 13.7. The molecule has 2 heterocycles. The van der Waals surface area contributed by atoms with Crippen LogP contribution in [0.2, 0.25) is 0 Å². The van der Waals surface area contributed by atoms with Crippen molar-refractivity contribution in [2.75, 3.05) is 13.6 Å². The number of hydrogen-bond donors (Lipinski definition) is 3. The molecule has 3 aliphatic rings. The first-order valence-corrected chi connectivity index (χ1v) is 9.13. The lowest BCUT2D eigenvalue weighted by molar-refractivity contribution is -0.709. The van der Waals surface area contributed by atoms with Crippen molar-refractivity contribution in [1.82, 2.24) is 15.6 Å². The fraction of sp³-hybridized carbons (Fsp3) is 0.667. The molecule has 4 rings (SSSR count). The summed E-state index contributed by atoms with van der Waals surface area (Å²) in [5, 5.41) is 9.31. The Kier molecular flexibility index (Phi) is 4.28. The highest BCUT2D eigenvalue weighted by molar-refractivity contribution is 5.20. The molecule has 6 nitrogen and oxygen atoms in total. The van der Waals surface area contributed by atoms with E-state index in [0.717, 1.165) is 32.2 Å². The minimum atomic E-state index is 0.0186. The number of nitrogens with two attached hydrogens (primary N) is 1. The molecule has 2 aliphatic heterocycles. The summed E-state index contributed by atoms with van der Waals surface area (Å²) in [5.74, 6) is 0.470. The third kappa shape index (κ3) is 2.83. The minimum absolute atomic E-state index is 0.0186. The Morgan fingerprint density at radius 3 is 2.67 bits per heavy atom. The predicted octanol–water partition coefficient (Wildman–Crippen LogP) is 1.14. The van der Waals surface area contributed by atoms with Crippen molar-refractivity contribution in [2.24, 2.45) is 11.7 Å². The Morgan fingerprint density at radius 2 is 1.96 bits per heavy atom. The maximum absolute atomic E-state index is 12.5. The van der Waals surface area contributed by atoms with Crippen LogP contribution in [-0.2, 0) is 0 Å². The van der Waals surface area contributed by atoms with Crippen LogP contribution in [0.5, 0.6) is 0 Å². The molecule has 6 unspecified atom stereocenters. The quantitative estimate of drug-likeness (QED) is 0.709. The Bertz CT molecular complexity index is 594. The first-order valence-electron chi connectivity index (χ1n) is 9.13. The number of benzene rings is 1. The summed E-state index contributed by atoms with van der Waals surface area (Å²) in [6.07, 6.45) is 4.15. The van der Waals surface area contributed by atoms with Gasteiger partial charge in [0.25, 0.3) is 6.04 Å². The molecule has 3 fully saturated rings. The molecule has 6 atom stereocenters. The minimum Gasteiger partial charge on any atom is -0.328 e. The zero-order valence-electron chi connectivity index (χ0n) is 14.3. The maximum atomic E-state index is 12.5.